The van der Waals surface area contributed by atoms with Gasteiger partial charge in [-0.3, -0.25) is 9.59 Å². The number of benzene rings is 2. The number of nitrogens with one attached hydrogen (secondary N) is 1. The molecule has 2 aromatic carbocycles. The Morgan fingerprint density at radius 1 is 1.08 bits per heavy atom. The highest BCUT2D eigenvalue weighted by atomic mass is 16.2. The largest absolute Gasteiger partial charge is 0.366 e. The molecule has 0 spiro atoms. The molecule has 0 fully saturated rings. The molecule has 0 saturated heterocycles. The number of carbonyl (C=O) groups excluding carboxylic acids is 2. The second-order valence-corrected chi connectivity index (χ2v) is 6.22. The zero-order chi connectivity index (χ0) is 18.1. The number of amides is 2. The Morgan fingerprint density at radius 2 is 1.72 bits per heavy atom. The Bertz CT molecular complexity index is 955. The summed E-state index contributed by atoms with van der Waals surface area (Å²) in [6, 6.07) is 12.2. The Morgan fingerprint density at radius 3 is 2.32 bits per heavy atom. The third-order valence-corrected chi connectivity index (χ3v) is 4.07. The maximum Gasteiger partial charge on any atom is 0.255 e. The van der Waals surface area contributed by atoms with E-state index in [4.69, 9.17) is 5.73 Å². The summed E-state index contributed by atoms with van der Waals surface area (Å²) >= 11 is 0. The highest BCUT2D eigenvalue weighted by Crippen LogP contribution is 2.22. The fourth-order valence-corrected chi connectivity index (χ4v) is 2.93. The first kappa shape index (κ1) is 16.7. The first-order chi connectivity index (χ1) is 11.9. The average molecular weight is 336 g/mol. The Hall–Kier alpha value is -3.15. The highest BCUT2D eigenvalue weighted by molar-refractivity contribution is 6.06. The van der Waals surface area contributed by atoms with Crippen LogP contribution in [0.1, 0.15) is 46.4 Å². The number of aromatic nitrogens is 2. The van der Waals surface area contributed by atoms with Crippen LogP contribution >= 0.6 is 0 Å². The number of fused-ring (bicyclic) bond motifs is 1. The molecule has 3 N–H and O–H groups in total. The van der Waals surface area contributed by atoms with Crippen LogP contribution < -0.4 is 11.1 Å². The minimum atomic E-state index is -0.501. The smallest absolute Gasteiger partial charge is 0.255 e. The summed E-state index contributed by atoms with van der Waals surface area (Å²) in [5, 5.41) is 2.81. The summed E-state index contributed by atoms with van der Waals surface area (Å²) in [7, 11) is 0. The van der Waals surface area contributed by atoms with E-state index in [1.807, 2.05) is 13.0 Å². The van der Waals surface area contributed by atoms with Gasteiger partial charge in [-0.2, -0.15) is 0 Å². The van der Waals surface area contributed by atoms with E-state index in [9.17, 15) is 9.59 Å². The van der Waals surface area contributed by atoms with Gasteiger partial charge in [0.15, 0.2) is 0 Å². The number of hydrogen-bond donors (Lipinski definition) is 2. The van der Waals surface area contributed by atoms with E-state index in [0.717, 1.165) is 16.9 Å². The van der Waals surface area contributed by atoms with Crippen molar-refractivity contribution in [2.24, 2.45) is 5.73 Å². The zero-order valence-electron chi connectivity index (χ0n) is 14.4. The summed E-state index contributed by atoms with van der Waals surface area (Å²) in [5.41, 5.74) is 8.53. The minimum Gasteiger partial charge on any atom is -0.366 e. The van der Waals surface area contributed by atoms with Crippen LogP contribution in [0.2, 0.25) is 0 Å². The van der Waals surface area contributed by atoms with E-state index in [1.165, 1.54) is 0 Å². The molecule has 128 valence electrons. The summed E-state index contributed by atoms with van der Waals surface area (Å²) in [6.07, 6.45) is 0. The maximum atomic E-state index is 12.5. The second kappa shape index (κ2) is 6.39. The molecule has 2 amide bonds. The molecule has 3 rings (SSSR count). The Kier molecular flexibility index (Phi) is 4.27. The summed E-state index contributed by atoms with van der Waals surface area (Å²) in [5.74, 6) is 0.189. The number of anilines is 1. The van der Waals surface area contributed by atoms with Gasteiger partial charge >= 0.3 is 0 Å². The number of nitrogens with zero attached hydrogens (tertiary/aromatic N) is 2. The van der Waals surface area contributed by atoms with Gasteiger partial charge in [-0.1, -0.05) is 0 Å². The monoisotopic (exact) mass is 336 g/mol. The predicted octanol–water partition coefficient (Wildman–Crippen LogP) is 3.28. The molecule has 0 aliphatic carbocycles. The molecule has 0 unspecified atom stereocenters. The number of carbonyl (C=O) groups is 2. The van der Waals surface area contributed by atoms with Crippen molar-refractivity contribution in [3.05, 3.63) is 59.4 Å². The number of nitrogens with two attached hydrogens (primary N) is 1. The molecule has 1 heterocycles. The minimum absolute atomic E-state index is 0.231. The average Bonchev–Trinajstić information content (AvgIpc) is 2.90. The SMILES string of the molecule is Cc1nc2cc(C(=O)Nc3ccc(C(N)=O)cc3)ccc2n1C(C)C. The van der Waals surface area contributed by atoms with Crippen LogP contribution in [0.15, 0.2) is 42.5 Å². The molecule has 3 aromatic rings. The third kappa shape index (κ3) is 3.24. The van der Waals surface area contributed by atoms with Crippen molar-refractivity contribution in [2.45, 2.75) is 26.8 Å². The second-order valence-electron chi connectivity index (χ2n) is 6.22. The normalized spacial score (nSPS) is 11.0. The van der Waals surface area contributed by atoms with Gasteiger partial charge in [0.2, 0.25) is 5.91 Å². The number of aryl methyl sites for hydroxylation is 1. The van der Waals surface area contributed by atoms with Crippen molar-refractivity contribution in [3.8, 4) is 0 Å². The van der Waals surface area contributed by atoms with Gasteiger partial charge in [-0.25, -0.2) is 4.98 Å². The summed E-state index contributed by atoms with van der Waals surface area (Å²) in [4.78, 5) is 28.1. The first-order valence-corrected chi connectivity index (χ1v) is 8.06. The van der Waals surface area contributed by atoms with Crippen molar-refractivity contribution in [2.75, 3.05) is 5.32 Å². The lowest BCUT2D eigenvalue weighted by atomic mass is 10.1. The molecule has 0 atom stereocenters. The molecule has 25 heavy (non-hydrogen) atoms. The van der Waals surface area contributed by atoms with Crippen LogP contribution in [-0.4, -0.2) is 21.4 Å². The van der Waals surface area contributed by atoms with Gasteiger partial charge in [-0.05, 0) is 63.2 Å². The lowest BCUT2D eigenvalue weighted by Gasteiger charge is -2.11. The maximum absolute atomic E-state index is 12.5. The summed E-state index contributed by atoms with van der Waals surface area (Å²) in [6.45, 7) is 6.16. The van der Waals surface area contributed by atoms with Crippen LogP contribution in [0.5, 0.6) is 0 Å². The van der Waals surface area contributed by atoms with E-state index in [1.54, 1.807) is 36.4 Å². The van der Waals surface area contributed by atoms with Crippen molar-refractivity contribution in [1.82, 2.24) is 9.55 Å². The molecule has 6 heteroatoms. The van der Waals surface area contributed by atoms with E-state index in [-0.39, 0.29) is 5.91 Å². The van der Waals surface area contributed by atoms with Gasteiger partial charge < -0.3 is 15.6 Å². The van der Waals surface area contributed by atoms with E-state index >= 15 is 0 Å². The number of rotatable bonds is 4. The lowest BCUT2D eigenvalue weighted by molar-refractivity contribution is 0.0998. The van der Waals surface area contributed by atoms with Crippen molar-refractivity contribution >= 4 is 28.5 Å². The zero-order valence-corrected chi connectivity index (χ0v) is 14.4. The third-order valence-electron chi connectivity index (χ3n) is 4.07. The van der Waals surface area contributed by atoms with Crippen molar-refractivity contribution in [1.29, 1.82) is 0 Å². The van der Waals surface area contributed by atoms with Crippen LogP contribution in [0.4, 0.5) is 5.69 Å². The predicted molar refractivity (Wildman–Crippen MR) is 97.8 cm³/mol. The molecular weight excluding hydrogens is 316 g/mol. The number of imidazole rings is 1. The van der Waals surface area contributed by atoms with Crippen molar-refractivity contribution in [3.63, 3.8) is 0 Å². The molecule has 0 aliphatic rings. The quantitative estimate of drug-likeness (QED) is 0.766. The topological polar surface area (TPSA) is 90.0 Å². The Balaban J connectivity index is 1.86. The summed E-state index contributed by atoms with van der Waals surface area (Å²) < 4.78 is 2.14. The van der Waals surface area contributed by atoms with Crippen LogP contribution in [-0.2, 0) is 0 Å². The van der Waals surface area contributed by atoms with Crippen LogP contribution in [0.25, 0.3) is 11.0 Å². The molecule has 0 aliphatic heterocycles. The highest BCUT2D eigenvalue weighted by Gasteiger charge is 2.13. The molecule has 0 radical (unpaired) electrons. The van der Waals surface area contributed by atoms with Crippen molar-refractivity contribution < 1.29 is 9.59 Å². The van der Waals surface area contributed by atoms with E-state index < -0.39 is 5.91 Å². The van der Waals surface area contributed by atoms with Gasteiger partial charge in [0.25, 0.3) is 5.91 Å². The number of hydrogen-bond acceptors (Lipinski definition) is 3. The molecule has 6 nitrogen and oxygen atoms in total. The molecule has 0 saturated carbocycles. The first-order valence-electron chi connectivity index (χ1n) is 8.06. The van der Waals surface area contributed by atoms with Gasteiger partial charge in [0, 0.05) is 22.9 Å². The number of primary amides is 1. The molecule has 1 aromatic heterocycles. The van der Waals surface area contributed by atoms with Gasteiger partial charge in [-0.15, -0.1) is 0 Å². The van der Waals surface area contributed by atoms with E-state index in [0.29, 0.717) is 22.9 Å². The standard InChI is InChI=1S/C19H20N4O2/c1-11(2)23-12(3)21-16-10-14(6-9-17(16)23)19(25)22-15-7-4-13(5-8-15)18(20)24/h4-11H,1-3H3,(H2,20,24)(H,22,25). The van der Waals surface area contributed by atoms with Crippen LogP contribution in [0, 0.1) is 6.92 Å². The lowest BCUT2D eigenvalue weighted by Crippen LogP contribution is -2.13. The van der Waals surface area contributed by atoms with Gasteiger partial charge in [0.1, 0.15) is 5.82 Å². The fourth-order valence-electron chi connectivity index (χ4n) is 2.93. The van der Waals surface area contributed by atoms with Crippen LogP contribution in [0.3, 0.4) is 0 Å². The molecule has 0 bridgehead atoms. The fraction of sp³-hybridized carbons (Fsp3) is 0.211. The van der Waals surface area contributed by atoms with Gasteiger partial charge in [0.05, 0.1) is 11.0 Å². The Labute approximate surface area is 145 Å². The molecular formula is C19H20N4O2. The van der Waals surface area contributed by atoms with E-state index in [2.05, 4.69) is 28.7 Å².